The molecule has 2 N–H and O–H groups in total. The topological polar surface area (TPSA) is 76.0 Å². The van der Waals surface area contributed by atoms with Gasteiger partial charge in [0, 0.05) is 24.0 Å². The van der Waals surface area contributed by atoms with E-state index in [0.29, 0.717) is 29.1 Å². The molecule has 0 aromatic carbocycles. The lowest BCUT2D eigenvalue weighted by Gasteiger charge is -2.23. The first kappa shape index (κ1) is 20.3. The van der Waals surface area contributed by atoms with Crippen LogP contribution >= 0.6 is 11.3 Å². The Morgan fingerprint density at radius 2 is 2.10 bits per heavy atom. The van der Waals surface area contributed by atoms with Crippen LogP contribution in [-0.4, -0.2) is 28.5 Å². The average Bonchev–Trinajstić information content (AvgIpc) is 3.20. The summed E-state index contributed by atoms with van der Waals surface area (Å²) in [6.07, 6.45) is 10.2. The van der Waals surface area contributed by atoms with Crippen molar-refractivity contribution in [1.82, 2.24) is 14.9 Å². The zero-order valence-electron chi connectivity index (χ0n) is 17.1. The van der Waals surface area contributed by atoms with Gasteiger partial charge >= 0.3 is 0 Å². The Balaban J connectivity index is 1.48. The van der Waals surface area contributed by atoms with E-state index < -0.39 is 0 Å². The zero-order chi connectivity index (χ0) is 20.2. The standard InChI is InChI=1S/C22H30N4O2S/c1-15-9-11-26(13-16-6-5-10-23-12-16)21(28)19(15)20(27)25-22-24-18(14-29-22)17-7-3-2-4-8-17/h9,11,14,16-17,23H,2-8,10,12-13H2,1H3,(H,24,25,27). The number of aromatic nitrogens is 2. The Kier molecular flexibility index (Phi) is 6.45. The van der Waals surface area contributed by atoms with E-state index in [0.717, 1.165) is 31.6 Å². The molecule has 2 fully saturated rings. The van der Waals surface area contributed by atoms with E-state index in [1.54, 1.807) is 4.57 Å². The quantitative estimate of drug-likeness (QED) is 0.778. The number of hydrogen-bond acceptors (Lipinski definition) is 5. The lowest BCUT2D eigenvalue weighted by molar-refractivity contribution is 0.102. The molecule has 1 atom stereocenters. The molecule has 29 heavy (non-hydrogen) atoms. The van der Waals surface area contributed by atoms with Crippen LogP contribution in [-0.2, 0) is 6.54 Å². The largest absolute Gasteiger partial charge is 0.316 e. The van der Waals surface area contributed by atoms with E-state index in [-0.39, 0.29) is 17.0 Å². The van der Waals surface area contributed by atoms with Crippen LogP contribution in [0.15, 0.2) is 22.4 Å². The van der Waals surface area contributed by atoms with Gasteiger partial charge in [0.05, 0.1) is 5.69 Å². The van der Waals surface area contributed by atoms with Gasteiger partial charge in [-0.3, -0.25) is 14.9 Å². The normalized spacial score (nSPS) is 20.5. The fraction of sp³-hybridized carbons (Fsp3) is 0.591. The SMILES string of the molecule is Cc1ccn(CC2CCCNC2)c(=O)c1C(=O)Nc1nc(C2CCCCC2)cs1. The first-order valence-electron chi connectivity index (χ1n) is 10.8. The van der Waals surface area contributed by atoms with Crippen LogP contribution in [0.3, 0.4) is 0 Å². The number of nitrogens with one attached hydrogen (secondary N) is 2. The first-order valence-corrected chi connectivity index (χ1v) is 11.7. The summed E-state index contributed by atoms with van der Waals surface area (Å²) in [5.74, 6) is 0.579. The second-order valence-electron chi connectivity index (χ2n) is 8.41. The summed E-state index contributed by atoms with van der Waals surface area (Å²) in [4.78, 5) is 30.6. The third-order valence-electron chi connectivity index (χ3n) is 6.22. The van der Waals surface area contributed by atoms with Gasteiger partial charge in [-0.15, -0.1) is 11.3 Å². The molecule has 1 amide bonds. The molecule has 4 rings (SSSR count). The number of thiazole rings is 1. The molecular weight excluding hydrogens is 384 g/mol. The second kappa shape index (κ2) is 9.22. The molecule has 3 heterocycles. The number of carbonyl (C=O) groups excluding carboxylic acids is 1. The molecule has 1 aliphatic carbocycles. The van der Waals surface area contributed by atoms with E-state index >= 15 is 0 Å². The van der Waals surface area contributed by atoms with Crippen molar-refractivity contribution in [3.05, 3.63) is 44.8 Å². The number of carbonyl (C=O) groups is 1. The Bertz CT molecular complexity index is 908. The summed E-state index contributed by atoms with van der Waals surface area (Å²) in [6, 6.07) is 1.86. The molecule has 2 aromatic rings. The van der Waals surface area contributed by atoms with Gasteiger partial charge in [-0.25, -0.2) is 4.98 Å². The monoisotopic (exact) mass is 414 g/mol. The van der Waals surface area contributed by atoms with Crippen molar-refractivity contribution in [3.8, 4) is 0 Å². The highest BCUT2D eigenvalue weighted by Crippen LogP contribution is 2.34. The fourth-order valence-corrected chi connectivity index (χ4v) is 5.32. The predicted molar refractivity (Wildman–Crippen MR) is 117 cm³/mol. The number of pyridine rings is 1. The molecule has 0 spiro atoms. The second-order valence-corrected chi connectivity index (χ2v) is 9.27. The summed E-state index contributed by atoms with van der Waals surface area (Å²) in [5, 5.41) is 8.89. The highest BCUT2D eigenvalue weighted by molar-refractivity contribution is 7.14. The Labute approximate surface area is 175 Å². The number of anilines is 1. The Morgan fingerprint density at radius 3 is 2.86 bits per heavy atom. The van der Waals surface area contributed by atoms with Crippen LogP contribution in [0.1, 0.15) is 72.5 Å². The van der Waals surface area contributed by atoms with Crippen LogP contribution in [0.25, 0.3) is 0 Å². The van der Waals surface area contributed by atoms with Gasteiger partial charge in [0.2, 0.25) is 0 Å². The van der Waals surface area contributed by atoms with Gasteiger partial charge in [-0.1, -0.05) is 19.3 Å². The third-order valence-corrected chi connectivity index (χ3v) is 7.00. The number of piperidine rings is 1. The Morgan fingerprint density at radius 1 is 1.28 bits per heavy atom. The summed E-state index contributed by atoms with van der Waals surface area (Å²) in [6.45, 7) is 4.43. The molecule has 7 heteroatoms. The van der Waals surface area contributed by atoms with Crippen molar-refractivity contribution in [2.45, 2.75) is 64.3 Å². The van der Waals surface area contributed by atoms with Gasteiger partial charge in [-0.2, -0.15) is 0 Å². The third kappa shape index (κ3) is 4.78. The minimum absolute atomic E-state index is 0.211. The van der Waals surface area contributed by atoms with Gasteiger partial charge < -0.3 is 9.88 Å². The van der Waals surface area contributed by atoms with Crippen molar-refractivity contribution < 1.29 is 4.79 Å². The molecule has 0 radical (unpaired) electrons. The fourth-order valence-electron chi connectivity index (χ4n) is 4.53. The molecule has 2 aromatic heterocycles. The van der Waals surface area contributed by atoms with Crippen molar-refractivity contribution in [2.24, 2.45) is 5.92 Å². The van der Waals surface area contributed by atoms with Gasteiger partial charge in [0.25, 0.3) is 11.5 Å². The maximum absolute atomic E-state index is 13.0. The van der Waals surface area contributed by atoms with Gasteiger partial charge in [0.15, 0.2) is 5.13 Å². The average molecular weight is 415 g/mol. The molecule has 156 valence electrons. The minimum atomic E-state index is -0.354. The first-order chi connectivity index (χ1) is 14.1. The van der Waals surface area contributed by atoms with Crippen molar-refractivity contribution in [1.29, 1.82) is 0 Å². The predicted octanol–water partition coefficient (Wildman–Crippen LogP) is 3.91. The maximum atomic E-state index is 13.0. The molecule has 1 unspecified atom stereocenters. The van der Waals surface area contributed by atoms with E-state index in [1.807, 2.05) is 19.2 Å². The summed E-state index contributed by atoms with van der Waals surface area (Å²) < 4.78 is 1.69. The van der Waals surface area contributed by atoms with Crippen molar-refractivity contribution in [2.75, 3.05) is 18.4 Å². The van der Waals surface area contributed by atoms with E-state index in [4.69, 9.17) is 0 Å². The highest BCUT2D eigenvalue weighted by Gasteiger charge is 2.22. The van der Waals surface area contributed by atoms with Crippen LogP contribution in [0.2, 0.25) is 0 Å². The van der Waals surface area contributed by atoms with Crippen LogP contribution < -0.4 is 16.2 Å². The Hall–Kier alpha value is -1.99. The molecule has 1 saturated carbocycles. The van der Waals surface area contributed by atoms with E-state index in [1.165, 1.54) is 43.4 Å². The maximum Gasteiger partial charge on any atom is 0.263 e. The molecule has 1 aliphatic heterocycles. The molecule has 1 saturated heterocycles. The summed E-state index contributed by atoms with van der Waals surface area (Å²) in [7, 11) is 0. The zero-order valence-corrected chi connectivity index (χ0v) is 17.9. The number of nitrogens with zero attached hydrogens (tertiary/aromatic N) is 2. The minimum Gasteiger partial charge on any atom is -0.316 e. The lowest BCUT2D eigenvalue weighted by Crippen LogP contribution is -2.36. The lowest BCUT2D eigenvalue weighted by atomic mass is 9.87. The highest BCUT2D eigenvalue weighted by atomic mass is 32.1. The smallest absolute Gasteiger partial charge is 0.263 e. The van der Waals surface area contributed by atoms with Crippen LogP contribution in [0.5, 0.6) is 0 Å². The molecule has 0 bridgehead atoms. The van der Waals surface area contributed by atoms with E-state index in [2.05, 4.69) is 21.0 Å². The van der Waals surface area contributed by atoms with Gasteiger partial charge in [0.1, 0.15) is 5.56 Å². The van der Waals surface area contributed by atoms with Gasteiger partial charge in [-0.05, 0) is 63.2 Å². The summed E-state index contributed by atoms with van der Waals surface area (Å²) in [5.41, 5.74) is 1.80. The molecular formula is C22H30N4O2S. The number of rotatable bonds is 5. The van der Waals surface area contributed by atoms with Crippen molar-refractivity contribution >= 4 is 22.4 Å². The number of aryl methyl sites for hydroxylation is 1. The van der Waals surface area contributed by atoms with E-state index in [9.17, 15) is 9.59 Å². The molecule has 6 nitrogen and oxygen atoms in total. The number of hydrogen-bond donors (Lipinski definition) is 2. The van der Waals surface area contributed by atoms with Crippen LogP contribution in [0, 0.1) is 12.8 Å². The number of amides is 1. The summed E-state index contributed by atoms with van der Waals surface area (Å²) >= 11 is 1.45. The van der Waals surface area contributed by atoms with Crippen molar-refractivity contribution in [3.63, 3.8) is 0 Å². The van der Waals surface area contributed by atoms with Crippen LogP contribution in [0.4, 0.5) is 5.13 Å². The molecule has 2 aliphatic rings.